The molecule has 0 spiro atoms. The average molecular weight is 413 g/mol. The van der Waals surface area contributed by atoms with Crippen molar-refractivity contribution in [2.24, 2.45) is 40.4 Å². The van der Waals surface area contributed by atoms with Gasteiger partial charge in [0.2, 0.25) is 0 Å². The van der Waals surface area contributed by atoms with Crippen molar-refractivity contribution in [1.82, 2.24) is 0 Å². The lowest BCUT2D eigenvalue weighted by atomic mass is 9.48. The maximum Gasteiger partial charge on any atom is 0.0578 e. The van der Waals surface area contributed by atoms with Crippen LogP contribution in [0.2, 0.25) is 0 Å². The zero-order chi connectivity index (χ0) is 21.8. The van der Waals surface area contributed by atoms with E-state index in [-0.39, 0.29) is 6.10 Å². The number of fused-ring (bicyclic) bond motifs is 5. The first-order valence-corrected chi connectivity index (χ1v) is 13.2. The third kappa shape index (κ3) is 3.46. The number of hydrogen-bond acceptors (Lipinski definition) is 1. The zero-order valence-electron chi connectivity index (χ0n) is 21.0. The van der Waals surface area contributed by atoms with Crippen LogP contribution in [0.1, 0.15) is 113 Å². The number of rotatable bonds is 5. The Bertz CT molecular complexity index is 727. The molecule has 0 saturated heterocycles. The normalized spacial score (nSPS) is 42.3. The van der Waals surface area contributed by atoms with E-state index in [2.05, 4.69) is 48.5 Å². The third-order valence-electron chi connectivity index (χ3n) is 10.6. The number of hydrogen-bond donors (Lipinski definition) is 1. The highest BCUT2D eigenvalue weighted by atomic mass is 16.3. The molecule has 0 aromatic rings. The molecule has 0 aromatic carbocycles. The lowest BCUT2D eigenvalue weighted by molar-refractivity contribution is 0.0303. The predicted molar refractivity (Wildman–Crippen MR) is 128 cm³/mol. The number of allylic oxidation sites excluding steroid dienone is 3. The first-order valence-electron chi connectivity index (χ1n) is 13.2. The molecule has 4 aliphatic rings. The molecule has 4 aliphatic carbocycles. The molecule has 3 saturated carbocycles. The van der Waals surface area contributed by atoms with Crippen molar-refractivity contribution in [2.45, 2.75) is 119 Å². The minimum Gasteiger partial charge on any atom is -0.393 e. The van der Waals surface area contributed by atoms with Crippen molar-refractivity contribution in [3.63, 3.8) is 0 Å². The van der Waals surface area contributed by atoms with Crippen LogP contribution >= 0.6 is 0 Å². The van der Waals surface area contributed by atoms with Crippen molar-refractivity contribution >= 4 is 0 Å². The molecule has 0 heterocycles. The van der Waals surface area contributed by atoms with Gasteiger partial charge in [0.1, 0.15) is 0 Å². The number of aliphatic hydroxyl groups is 1. The number of aliphatic hydroxyl groups excluding tert-OH is 1. The summed E-state index contributed by atoms with van der Waals surface area (Å²) in [4.78, 5) is 0. The summed E-state index contributed by atoms with van der Waals surface area (Å²) in [6.07, 6.45) is 12.8. The molecule has 3 fully saturated rings. The van der Waals surface area contributed by atoms with E-state index in [1.807, 2.05) is 5.57 Å². The van der Waals surface area contributed by atoms with Gasteiger partial charge in [0, 0.05) is 0 Å². The van der Waals surface area contributed by atoms with Crippen molar-refractivity contribution in [3.05, 3.63) is 22.3 Å². The Morgan fingerprint density at radius 1 is 0.900 bits per heavy atom. The molecule has 30 heavy (non-hydrogen) atoms. The zero-order valence-corrected chi connectivity index (χ0v) is 21.0. The second-order valence-electron chi connectivity index (χ2n) is 12.6. The van der Waals surface area contributed by atoms with Gasteiger partial charge in [-0.25, -0.2) is 0 Å². The van der Waals surface area contributed by atoms with Gasteiger partial charge in [-0.1, -0.05) is 65.0 Å². The van der Waals surface area contributed by atoms with E-state index in [0.717, 1.165) is 42.4 Å². The van der Waals surface area contributed by atoms with Crippen molar-refractivity contribution in [1.29, 1.82) is 0 Å². The molecular weight excluding hydrogens is 364 g/mol. The molecule has 7 atom stereocenters. The summed E-state index contributed by atoms with van der Waals surface area (Å²) in [6.45, 7) is 17.3. The summed E-state index contributed by atoms with van der Waals surface area (Å²) in [5.41, 5.74) is 7.44. The third-order valence-corrected chi connectivity index (χ3v) is 10.6. The van der Waals surface area contributed by atoms with E-state index in [9.17, 15) is 5.11 Å². The predicted octanol–water partition coefficient (Wildman–Crippen LogP) is 8.09. The molecule has 0 bridgehead atoms. The molecule has 1 unspecified atom stereocenters. The molecule has 1 N–H and O–H groups in total. The van der Waals surface area contributed by atoms with Crippen LogP contribution in [-0.2, 0) is 0 Å². The van der Waals surface area contributed by atoms with E-state index in [4.69, 9.17) is 0 Å². The van der Waals surface area contributed by atoms with Crippen LogP contribution in [0.15, 0.2) is 22.3 Å². The molecule has 0 aliphatic heterocycles. The summed E-state index contributed by atoms with van der Waals surface area (Å²) in [5, 5.41) is 10.4. The van der Waals surface area contributed by atoms with Crippen LogP contribution in [-0.4, -0.2) is 11.2 Å². The highest BCUT2D eigenvalue weighted by Gasteiger charge is 2.58. The lowest BCUT2D eigenvalue weighted by Crippen LogP contribution is -2.47. The summed E-state index contributed by atoms with van der Waals surface area (Å²) in [7, 11) is 0. The van der Waals surface area contributed by atoms with Crippen molar-refractivity contribution in [3.8, 4) is 0 Å². The highest BCUT2D eigenvalue weighted by molar-refractivity contribution is 5.49. The van der Waals surface area contributed by atoms with E-state index in [0.29, 0.717) is 10.8 Å². The average Bonchev–Trinajstić information content (AvgIpc) is 3.04. The summed E-state index contributed by atoms with van der Waals surface area (Å²) in [5.74, 6) is 4.15. The van der Waals surface area contributed by atoms with Gasteiger partial charge in [-0.05, 0) is 110 Å². The Kier molecular flexibility index (Phi) is 6.10. The first-order chi connectivity index (χ1) is 14.1. The van der Waals surface area contributed by atoms with E-state index >= 15 is 0 Å². The summed E-state index contributed by atoms with van der Waals surface area (Å²) < 4.78 is 0. The van der Waals surface area contributed by atoms with Gasteiger partial charge < -0.3 is 5.11 Å². The fraction of sp³-hybridized carbons (Fsp3) is 0.862. The first kappa shape index (κ1) is 22.6. The minimum atomic E-state index is -0.117. The maximum absolute atomic E-state index is 10.4. The van der Waals surface area contributed by atoms with Crippen molar-refractivity contribution in [2.75, 3.05) is 0 Å². The maximum atomic E-state index is 10.4. The summed E-state index contributed by atoms with van der Waals surface area (Å²) >= 11 is 0. The van der Waals surface area contributed by atoms with Crippen LogP contribution in [0.4, 0.5) is 0 Å². The van der Waals surface area contributed by atoms with Gasteiger partial charge in [0.15, 0.2) is 0 Å². The van der Waals surface area contributed by atoms with E-state index in [1.165, 1.54) is 51.4 Å². The fourth-order valence-corrected chi connectivity index (χ4v) is 8.75. The quantitative estimate of drug-likeness (QED) is 0.483. The van der Waals surface area contributed by atoms with Gasteiger partial charge >= 0.3 is 0 Å². The Morgan fingerprint density at radius 2 is 1.63 bits per heavy atom. The molecule has 0 aromatic heterocycles. The molecule has 0 amide bonds. The van der Waals surface area contributed by atoms with Gasteiger partial charge in [-0.15, -0.1) is 0 Å². The molecule has 1 heteroatoms. The van der Waals surface area contributed by atoms with Crippen LogP contribution in [0.3, 0.4) is 0 Å². The molecule has 0 radical (unpaired) electrons. The fourth-order valence-electron chi connectivity index (χ4n) is 8.75. The van der Waals surface area contributed by atoms with Gasteiger partial charge in [0.25, 0.3) is 0 Å². The Balaban J connectivity index is 1.63. The molecule has 4 rings (SSSR count). The Morgan fingerprint density at radius 3 is 2.33 bits per heavy atom. The van der Waals surface area contributed by atoms with E-state index < -0.39 is 0 Å². The minimum absolute atomic E-state index is 0.117. The van der Waals surface area contributed by atoms with Gasteiger partial charge in [-0.3, -0.25) is 0 Å². The second-order valence-corrected chi connectivity index (χ2v) is 12.6. The lowest BCUT2D eigenvalue weighted by Gasteiger charge is -2.57. The van der Waals surface area contributed by atoms with Crippen LogP contribution in [0.5, 0.6) is 0 Å². The Labute approximate surface area is 186 Å². The molecular formula is C29H48O. The molecule has 170 valence electrons. The highest BCUT2D eigenvalue weighted by Crippen LogP contribution is 2.67. The summed E-state index contributed by atoms with van der Waals surface area (Å²) in [6, 6.07) is 0. The molecule has 1 nitrogen and oxygen atoms in total. The monoisotopic (exact) mass is 412 g/mol. The van der Waals surface area contributed by atoms with Crippen molar-refractivity contribution < 1.29 is 5.11 Å². The van der Waals surface area contributed by atoms with Crippen LogP contribution < -0.4 is 0 Å². The second kappa shape index (κ2) is 8.09. The standard InChI is InChI=1S/C29H48O/c1-18(2)9-8-10-19(3)23-11-12-24-27-21(5)20(4)26-17-22(30)13-15-29(26,7)25(27)14-16-28(23,24)6/h18-19,22-25,30H,8-17H2,1-7H3/t19-,22?,23-,24+,25+,28-,29-/m1/s1. The van der Waals surface area contributed by atoms with Crippen LogP contribution in [0.25, 0.3) is 0 Å². The Hall–Kier alpha value is -0.560. The topological polar surface area (TPSA) is 20.2 Å². The smallest absolute Gasteiger partial charge is 0.0578 e. The van der Waals surface area contributed by atoms with Gasteiger partial charge in [0.05, 0.1) is 6.10 Å². The SMILES string of the molecule is CC1=C2[C@@H]3CC[C@H]([C@H](C)CCCC(C)C)[C@@]3(C)CC[C@@H]2[C@@]2(C)CCC(O)CC2=C1C. The van der Waals surface area contributed by atoms with Crippen LogP contribution in [0, 0.1) is 40.4 Å². The van der Waals surface area contributed by atoms with Gasteiger partial charge in [-0.2, -0.15) is 0 Å². The largest absolute Gasteiger partial charge is 0.393 e. The van der Waals surface area contributed by atoms with E-state index in [1.54, 1.807) is 16.7 Å².